The number of benzene rings is 1. The zero-order valence-corrected chi connectivity index (χ0v) is 15.1. The molecule has 0 bridgehead atoms. The molecule has 0 radical (unpaired) electrons. The van der Waals surface area contributed by atoms with Crippen LogP contribution in [0.4, 0.5) is 0 Å². The largest absolute Gasteiger partial charge is 0.313 e. The lowest BCUT2D eigenvalue weighted by Crippen LogP contribution is -2.33. The molecule has 0 amide bonds. The molecule has 0 aromatic heterocycles. The van der Waals surface area contributed by atoms with Crippen molar-refractivity contribution in [1.82, 2.24) is 10.2 Å². The van der Waals surface area contributed by atoms with Crippen molar-refractivity contribution < 1.29 is 0 Å². The summed E-state index contributed by atoms with van der Waals surface area (Å²) < 4.78 is 1.14. The molecule has 0 aliphatic rings. The smallest absolute Gasteiger partial charge is 0.0329 e. The van der Waals surface area contributed by atoms with Crippen LogP contribution in [-0.2, 0) is 0 Å². The van der Waals surface area contributed by atoms with Gasteiger partial charge in [0.15, 0.2) is 0 Å². The molecular formula is C17H29BrN2. The van der Waals surface area contributed by atoms with E-state index in [0.29, 0.717) is 12.1 Å². The summed E-state index contributed by atoms with van der Waals surface area (Å²) in [7, 11) is 4.28. The number of nitrogens with zero attached hydrogens (tertiary/aromatic N) is 1. The van der Waals surface area contributed by atoms with E-state index >= 15 is 0 Å². The topological polar surface area (TPSA) is 15.3 Å². The highest BCUT2D eigenvalue weighted by Crippen LogP contribution is 2.20. The summed E-state index contributed by atoms with van der Waals surface area (Å²) in [5.41, 5.74) is 1.36. The third-order valence-electron chi connectivity index (χ3n) is 3.96. The minimum absolute atomic E-state index is 0.428. The Morgan fingerprint density at radius 1 is 1.15 bits per heavy atom. The molecule has 0 aliphatic heterocycles. The van der Waals surface area contributed by atoms with Crippen molar-refractivity contribution in [2.75, 3.05) is 20.6 Å². The molecule has 2 nitrogen and oxygen atoms in total. The van der Waals surface area contributed by atoms with Gasteiger partial charge < -0.3 is 10.2 Å². The van der Waals surface area contributed by atoms with Crippen LogP contribution in [0.25, 0.3) is 0 Å². The first-order valence-corrected chi connectivity index (χ1v) is 8.36. The predicted octanol–water partition coefficient (Wildman–Crippen LogP) is 4.47. The monoisotopic (exact) mass is 340 g/mol. The van der Waals surface area contributed by atoms with Crippen LogP contribution in [0.15, 0.2) is 28.7 Å². The number of halogens is 1. The minimum atomic E-state index is 0.428. The maximum Gasteiger partial charge on any atom is 0.0329 e. The van der Waals surface area contributed by atoms with Gasteiger partial charge in [-0.25, -0.2) is 0 Å². The fourth-order valence-corrected chi connectivity index (χ4v) is 2.85. The lowest BCUT2D eigenvalue weighted by molar-refractivity contribution is 0.218. The zero-order valence-electron chi connectivity index (χ0n) is 13.5. The average Bonchev–Trinajstić information content (AvgIpc) is 2.40. The van der Waals surface area contributed by atoms with Crippen LogP contribution < -0.4 is 5.32 Å². The van der Waals surface area contributed by atoms with E-state index < -0.39 is 0 Å². The Labute approximate surface area is 133 Å². The molecule has 2 atom stereocenters. The summed E-state index contributed by atoms with van der Waals surface area (Å²) in [6.45, 7) is 8.04. The third kappa shape index (κ3) is 5.94. The van der Waals surface area contributed by atoms with Gasteiger partial charge in [0.05, 0.1) is 0 Å². The van der Waals surface area contributed by atoms with Gasteiger partial charge in [-0.1, -0.05) is 41.9 Å². The standard InChI is InChI=1S/C17H29BrN2/c1-13(2)12-14(3)20(5)11-10-17(19-4)15-6-8-16(18)9-7-15/h6-9,13-14,17,19H,10-12H2,1-5H3. The fourth-order valence-electron chi connectivity index (χ4n) is 2.59. The molecule has 1 rings (SSSR count). The second-order valence-electron chi connectivity index (χ2n) is 6.14. The van der Waals surface area contributed by atoms with Gasteiger partial charge in [0, 0.05) is 16.6 Å². The summed E-state index contributed by atoms with van der Waals surface area (Å²) >= 11 is 3.49. The van der Waals surface area contributed by atoms with Crippen molar-refractivity contribution in [3.63, 3.8) is 0 Å². The normalized spacial score (nSPS) is 14.8. The quantitative estimate of drug-likeness (QED) is 0.751. The molecule has 1 N–H and O–H groups in total. The van der Waals surface area contributed by atoms with E-state index in [-0.39, 0.29) is 0 Å². The predicted molar refractivity (Wildman–Crippen MR) is 92.1 cm³/mol. The molecule has 1 aromatic rings. The Kier molecular flexibility index (Phi) is 7.78. The zero-order chi connectivity index (χ0) is 15.1. The van der Waals surface area contributed by atoms with E-state index in [1.165, 1.54) is 12.0 Å². The van der Waals surface area contributed by atoms with Crippen LogP contribution in [0.1, 0.15) is 45.2 Å². The number of hydrogen-bond donors (Lipinski definition) is 1. The minimum Gasteiger partial charge on any atom is -0.313 e. The summed E-state index contributed by atoms with van der Waals surface area (Å²) in [6.07, 6.45) is 2.40. The van der Waals surface area contributed by atoms with E-state index in [0.717, 1.165) is 23.4 Å². The van der Waals surface area contributed by atoms with Gasteiger partial charge in [-0.05, 0) is 64.0 Å². The van der Waals surface area contributed by atoms with E-state index in [1.54, 1.807) is 0 Å². The van der Waals surface area contributed by atoms with Gasteiger partial charge >= 0.3 is 0 Å². The Morgan fingerprint density at radius 2 is 1.75 bits per heavy atom. The summed E-state index contributed by atoms with van der Waals surface area (Å²) in [4.78, 5) is 2.48. The molecule has 114 valence electrons. The Morgan fingerprint density at radius 3 is 2.25 bits per heavy atom. The molecular weight excluding hydrogens is 312 g/mol. The van der Waals surface area contributed by atoms with E-state index in [2.05, 4.69) is 78.2 Å². The molecule has 2 unspecified atom stereocenters. The average molecular weight is 341 g/mol. The first kappa shape index (κ1) is 17.7. The second-order valence-corrected chi connectivity index (χ2v) is 7.06. The molecule has 0 fully saturated rings. The van der Waals surface area contributed by atoms with Crippen molar-refractivity contribution in [2.24, 2.45) is 5.92 Å². The van der Waals surface area contributed by atoms with Gasteiger partial charge in [0.1, 0.15) is 0 Å². The molecule has 0 aliphatic carbocycles. The van der Waals surface area contributed by atoms with Crippen LogP contribution in [0.5, 0.6) is 0 Å². The van der Waals surface area contributed by atoms with E-state index in [9.17, 15) is 0 Å². The van der Waals surface area contributed by atoms with E-state index in [1.807, 2.05) is 7.05 Å². The van der Waals surface area contributed by atoms with Crippen LogP contribution in [-0.4, -0.2) is 31.6 Å². The van der Waals surface area contributed by atoms with Gasteiger partial charge in [0.2, 0.25) is 0 Å². The van der Waals surface area contributed by atoms with Crippen molar-refractivity contribution in [1.29, 1.82) is 0 Å². The number of nitrogens with one attached hydrogen (secondary N) is 1. The summed E-state index contributed by atoms with van der Waals surface area (Å²) in [5.74, 6) is 0.763. The molecule has 20 heavy (non-hydrogen) atoms. The Balaban J connectivity index is 2.50. The first-order valence-electron chi connectivity index (χ1n) is 7.57. The maximum absolute atomic E-state index is 3.49. The molecule has 0 saturated heterocycles. The molecule has 1 aromatic carbocycles. The highest BCUT2D eigenvalue weighted by atomic mass is 79.9. The Hall–Kier alpha value is -0.380. The first-order chi connectivity index (χ1) is 9.43. The van der Waals surface area contributed by atoms with Gasteiger partial charge in [-0.3, -0.25) is 0 Å². The summed E-state index contributed by atoms with van der Waals surface area (Å²) in [5, 5.41) is 3.43. The van der Waals surface area contributed by atoms with Crippen molar-refractivity contribution in [2.45, 2.75) is 45.7 Å². The summed E-state index contributed by atoms with van der Waals surface area (Å²) in [6, 6.07) is 9.70. The van der Waals surface area contributed by atoms with Crippen molar-refractivity contribution in [3.05, 3.63) is 34.3 Å². The fraction of sp³-hybridized carbons (Fsp3) is 0.647. The van der Waals surface area contributed by atoms with Gasteiger partial charge in [-0.2, -0.15) is 0 Å². The molecule has 0 spiro atoms. The number of rotatable bonds is 8. The van der Waals surface area contributed by atoms with Crippen molar-refractivity contribution in [3.8, 4) is 0 Å². The van der Waals surface area contributed by atoms with Gasteiger partial charge in [-0.15, -0.1) is 0 Å². The van der Waals surface area contributed by atoms with E-state index in [4.69, 9.17) is 0 Å². The van der Waals surface area contributed by atoms with Crippen LogP contribution in [0, 0.1) is 5.92 Å². The SMILES string of the molecule is CNC(CCN(C)C(C)CC(C)C)c1ccc(Br)cc1. The van der Waals surface area contributed by atoms with Crippen LogP contribution in [0.3, 0.4) is 0 Å². The molecule has 3 heteroatoms. The lowest BCUT2D eigenvalue weighted by atomic mass is 10.0. The highest BCUT2D eigenvalue weighted by Gasteiger charge is 2.14. The second kappa shape index (κ2) is 8.81. The molecule has 0 heterocycles. The third-order valence-corrected chi connectivity index (χ3v) is 4.48. The van der Waals surface area contributed by atoms with Crippen LogP contribution >= 0.6 is 15.9 Å². The van der Waals surface area contributed by atoms with Crippen LogP contribution in [0.2, 0.25) is 0 Å². The van der Waals surface area contributed by atoms with Gasteiger partial charge in [0.25, 0.3) is 0 Å². The lowest BCUT2D eigenvalue weighted by Gasteiger charge is -2.28. The Bertz CT molecular complexity index is 375. The highest BCUT2D eigenvalue weighted by molar-refractivity contribution is 9.10. The number of hydrogen-bond acceptors (Lipinski definition) is 2. The van der Waals surface area contributed by atoms with Crippen molar-refractivity contribution >= 4 is 15.9 Å². The molecule has 0 saturated carbocycles. The maximum atomic E-state index is 3.49.